The lowest BCUT2D eigenvalue weighted by Crippen LogP contribution is -2.52. The minimum Gasteiger partial charge on any atom is -0.334 e. The van der Waals surface area contributed by atoms with E-state index in [1.54, 1.807) is 6.20 Å². The van der Waals surface area contributed by atoms with Gasteiger partial charge in [-0.1, -0.05) is 18.2 Å². The first-order chi connectivity index (χ1) is 15.6. The van der Waals surface area contributed by atoms with Crippen molar-refractivity contribution < 1.29 is 9.59 Å². The van der Waals surface area contributed by atoms with E-state index in [0.717, 1.165) is 35.6 Å². The van der Waals surface area contributed by atoms with Crippen LogP contribution in [-0.4, -0.2) is 70.3 Å². The van der Waals surface area contributed by atoms with Gasteiger partial charge >= 0.3 is 0 Å². The highest BCUT2D eigenvalue weighted by Crippen LogP contribution is 2.29. The number of carbonyl (C=O) groups excluding carboxylic acids is 2. The Labute approximate surface area is 191 Å². The number of hydrogen-bond donors (Lipinski definition) is 0. The molecule has 1 atom stereocenters. The molecule has 164 valence electrons. The monoisotopic (exact) mass is 447 g/mol. The molecule has 0 spiro atoms. The Morgan fingerprint density at radius 3 is 2.66 bits per heavy atom. The van der Waals surface area contributed by atoms with E-state index < -0.39 is 0 Å². The molecule has 3 aromatic rings. The number of carbonyl (C=O) groups is 2. The molecule has 32 heavy (non-hydrogen) atoms. The molecule has 0 N–H and O–H groups in total. The molecule has 7 nitrogen and oxygen atoms in total. The van der Waals surface area contributed by atoms with Crippen LogP contribution in [0, 0.1) is 6.92 Å². The van der Waals surface area contributed by atoms with Crippen LogP contribution in [0.5, 0.6) is 0 Å². The Morgan fingerprint density at radius 2 is 1.94 bits per heavy atom. The van der Waals surface area contributed by atoms with Gasteiger partial charge in [0.25, 0.3) is 5.91 Å². The van der Waals surface area contributed by atoms with Crippen LogP contribution >= 0.6 is 11.3 Å². The summed E-state index contributed by atoms with van der Waals surface area (Å²) in [5, 5.41) is 2.37. The molecule has 1 aromatic carbocycles. The third-order valence-corrected chi connectivity index (χ3v) is 6.96. The predicted octanol–water partition coefficient (Wildman–Crippen LogP) is 3.08. The van der Waals surface area contributed by atoms with Crippen LogP contribution in [0.2, 0.25) is 0 Å². The van der Waals surface area contributed by atoms with E-state index in [2.05, 4.69) is 14.9 Å². The SMILES string of the molecule is Cc1ccc(-c2cccc(N3CC(N4CCN(C(=O)c5nccs5)CC4)CC3=O)c2)nc1. The van der Waals surface area contributed by atoms with E-state index in [1.165, 1.54) is 11.3 Å². The second-order valence-electron chi connectivity index (χ2n) is 8.30. The van der Waals surface area contributed by atoms with Crippen LogP contribution < -0.4 is 4.90 Å². The zero-order chi connectivity index (χ0) is 22.1. The number of hydrogen-bond acceptors (Lipinski definition) is 6. The average Bonchev–Trinajstić information content (AvgIpc) is 3.50. The molecule has 2 fully saturated rings. The van der Waals surface area contributed by atoms with Gasteiger partial charge in [-0.3, -0.25) is 19.5 Å². The molecule has 0 saturated carbocycles. The normalized spacial score (nSPS) is 19.5. The second kappa shape index (κ2) is 8.80. The molecule has 2 aromatic heterocycles. The van der Waals surface area contributed by atoms with Crippen molar-refractivity contribution in [2.45, 2.75) is 19.4 Å². The van der Waals surface area contributed by atoms with Crippen LogP contribution in [0.1, 0.15) is 21.8 Å². The highest BCUT2D eigenvalue weighted by molar-refractivity contribution is 7.11. The highest BCUT2D eigenvalue weighted by Gasteiger charge is 2.36. The van der Waals surface area contributed by atoms with E-state index in [1.807, 2.05) is 64.7 Å². The molecule has 2 saturated heterocycles. The van der Waals surface area contributed by atoms with E-state index in [4.69, 9.17) is 0 Å². The Kier molecular flexibility index (Phi) is 5.71. The number of aromatic nitrogens is 2. The van der Waals surface area contributed by atoms with Gasteiger partial charge in [0, 0.05) is 74.2 Å². The smallest absolute Gasteiger partial charge is 0.282 e. The lowest BCUT2D eigenvalue weighted by Gasteiger charge is -2.37. The quantitative estimate of drug-likeness (QED) is 0.615. The molecule has 5 rings (SSSR count). The third kappa shape index (κ3) is 4.16. The zero-order valence-corrected chi connectivity index (χ0v) is 18.8. The van der Waals surface area contributed by atoms with Crippen LogP contribution in [-0.2, 0) is 4.79 Å². The Hall–Kier alpha value is -3.10. The number of pyridine rings is 1. The van der Waals surface area contributed by atoms with Gasteiger partial charge in [0.15, 0.2) is 5.01 Å². The fraction of sp³-hybridized carbons (Fsp3) is 0.333. The van der Waals surface area contributed by atoms with Gasteiger partial charge in [0.05, 0.1) is 5.69 Å². The standard InChI is InChI=1S/C24H25N5O2S/c1-17-5-6-21(26-15-17)18-3-2-4-19(13-18)29-16-20(14-22(29)30)27-8-10-28(11-9-27)24(31)23-25-7-12-32-23/h2-7,12-13,15,20H,8-11,14,16H2,1H3. The second-order valence-corrected chi connectivity index (χ2v) is 9.19. The summed E-state index contributed by atoms with van der Waals surface area (Å²) in [6, 6.07) is 12.3. The Morgan fingerprint density at radius 1 is 1.09 bits per heavy atom. The van der Waals surface area contributed by atoms with Crippen molar-refractivity contribution in [3.8, 4) is 11.3 Å². The zero-order valence-electron chi connectivity index (χ0n) is 18.0. The summed E-state index contributed by atoms with van der Waals surface area (Å²) in [5.41, 5.74) is 3.95. The lowest BCUT2D eigenvalue weighted by molar-refractivity contribution is -0.117. The van der Waals surface area contributed by atoms with Crippen LogP contribution in [0.25, 0.3) is 11.3 Å². The summed E-state index contributed by atoms with van der Waals surface area (Å²) in [6.45, 7) is 5.57. The number of amides is 2. The number of piperazine rings is 1. The minimum absolute atomic E-state index is 0.00491. The molecule has 2 amide bonds. The van der Waals surface area contributed by atoms with Crippen molar-refractivity contribution in [2.75, 3.05) is 37.6 Å². The molecular formula is C24H25N5O2S. The van der Waals surface area contributed by atoms with Crippen molar-refractivity contribution in [1.29, 1.82) is 0 Å². The number of rotatable bonds is 4. The first-order valence-corrected chi connectivity index (χ1v) is 11.7. The summed E-state index contributed by atoms with van der Waals surface area (Å²) in [5.74, 6) is 0.149. The topological polar surface area (TPSA) is 69.6 Å². The summed E-state index contributed by atoms with van der Waals surface area (Å²) >= 11 is 1.38. The van der Waals surface area contributed by atoms with Crippen molar-refractivity contribution in [1.82, 2.24) is 19.8 Å². The van der Waals surface area contributed by atoms with Gasteiger partial charge in [0.2, 0.25) is 5.91 Å². The Balaban J connectivity index is 1.24. The van der Waals surface area contributed by atoms with Gasteiger partial charge in [-0.2, -0.15) is 0 Å². The minimum atomic E-state index is 0.00491. The average molecular weight is 448 g/mol. The number of anilines is 1. The van der Waals surface area contributed by atoms with E-state index in [-0.39, 0.29) is 17.9 Å². The van der Waals surface area contributed by atoms with Gasteiger partial charge in [-0.05, 0) is 30.7 Å². The Bertz CT molecular complexity index is 1110. The van der Waals surface area contributed by atoms with Crippen molar-refractivity contribution in [3.05, 3.63) is 64.7 Å². The number of nitrogens with zero attached hydrogens (tertiary/aromatic N) is 5. The maximum absolute atomic E-state index is 12.9. The molecule has 2 aliphatic rings. The molecule has 0 radical (unpaired) electrons. The fourth-order valence-electron chi connectivity index (χ4n) is 4.41. The van der Waals surface area contributed by atoms with Crippen LogP contribution in [0.4, 0.5) is 5.69 Å². The van der Waals surface area contributed by atoms with E-state index in [0.29, 0.717) is 31.1 Å². The van der Waals surface area contributed by atoms with E-state index in [9.17, 15) is 9.59 Å². The number of thiazole rings is 1. The molecule has 1 unspecified atom stereocenters. The predicted molar refractivity (Wildman–Crippen MR) is 125 cm³/mol. The fourth-order valence-corrected chi connectivity index (χ4v) is 5.01. The molecule has 8 heteroatoms. The van der Waals surface area contributed by atoms with Gasteiger partial charge in [-0.25, -0.2) is 4.98 Å². The lowest BCUT2D eigenvalue weighted by atomic mass is 10.1. The van der Waals surface area contributed by atoms with Gasteiger partial charge in [-0.15, -0.1) is 11.3 Å². The van der Waals surface area contributed by atoms with Crippen LogP contribution in [0.15, 0.2) is 54.2 Å². The van der Waals surface area contributed by atoms with Crippen molar-refractivity contribution >= 4 is 28.8 Å². The molecular weight excluding hydrogens is 422 g/mol. The molecule has 0 bridgehead atoms. The first kappa shape index (κ1) is 20.8. The summed E-state index contributed by atoms with van der Waals surface area (Å²) in [6.07, 6.45) is 4.03. The van der Waals surface area contributed by atoms with E-state index >= 15 is 0 Å². The number of benzene rings is 1. The number of aryl methyl sites for hydroxylation is 1. The molecule has 2 aliphatic heterocycles. The van der Waals surface area contributed by atoms with Gasteiger partial charge < -0.3 is 9.80 Å². The highest BCUT2D eigenvalue weighted by atomic mass is 32.1. The third-order valence-electron chi connectivity index (χ3n) is 6.20. The largest absolute Gasteiger partial charge is 0.334 e. The van der Waals surface area contributed by atoms with Crippen LogP contribution in [0.3, 0.4) is 0 Å². The maximum atomic E-state index is 12.9. The summed E-state index contributed by atoms with van der Waals surface area (Å²) in [4.78, 5) is 40.1. The maximum Gasteiger partial charge on any atom is 0.282 e. The molecule has 0 aliphatic carbocycles. The molecule has 4 heterocycles. The first-order valence-electron chi connectivity index (χ1n) is 10.8. The van der Waals surface area contributed by atoms with Crippen molar-refractivity contribution in [2.24, 2.45) is 0 Å². The van der Waals surface area contributed by atoms with Crippen molar-refractivity contribution in [3.63, 3.8) is 0 Å². The summed E-state index contributed by atoms with van der Waals surface area (Å²) < 4.78 is 0. The van der Waals surface area contributed by atoms with Gasteiger partial charge in [0.1, 0.15) is 0 Å². The summed E-state index contributed by atoms with van der Waals surface area (Å²) in [7, 11) is 0.